The quantitative estimate of drug-likeness (QED) is 0.346. The first-order chi connectivity index (χ1) is 4.35. The van der Waals surface area contributed by atoms with Crippen molar-refractivity contribution in [3.8, 4) is 0 Å². The standard InChI is InChI=1S/C6H10BO2/c1-3-5-6(4-2)9-7-8/h3-5,8H,1-2H3/b5-3-,6-4+. The second kappa shape index (κ2) is 5.44. The Balaban J connectivity index is 3.70. The molecule has 0 heterocycles. The van der Waals surface area contributed by atoms with Crippen molar-refractivity contribution >= 4 is 7.69 Å². The molecule has 0 unspecified atom stereocenters. The highest BCUT2D eigenvalue weighted by Crippen LogP contribution is 1.95. The highest BCUT2D eigenvalue weighted by atomic mass is 16.5. The van der Waals surface area contributed by atoms with Gasteiger partial charge in [-0.1, -0.05) is 6.08 Å². The van der Waals surface area contributed by atoms with E-state index in [2.05, 4.69) is 4.65 Å². The lowest BCUT2D eigenvalue weighted by molar-refractivity contribution is 0.381. The van der Waals surface area contributed by atoms with Crippen LogP contribution in [0.5, 0.6) is 0 Å². The van der Waals surface area contributed by atoms with Crippen LogP contribution in [0.2, 0.25) is 0 Å². The molecule has 1 radical (unpaired) electrons. The molecule has 0 bridgehead atoms. The van der Waals surface area contributed by atoms with Gasteiger partial charge in [0.25, 0.3) is 0 Å². The van der Waals surface area contributed by atoms with Crippen molar-refractivity contribution in [1.82, 2.24) is 0 Å². The minimum atomic E-state index is 0.639. The second-order valence-corrected chi connectivity index (χ2v) is 1.41. The van der Waals surface area contributed by atoms with Crippen molar-refractivity contribution in [2.75, 3.05) is 0 Å². The molecule has 0 atom stereocenters. The Morgan fingerprint density at radius 3 is 2.56 bits per heavy atom. The third kappa shape index (κ3) is 3.85. The Kier molecular flexibility index (Phi) is 5.02. The van der Waals surface area contributed by atoms with E-state index < -0.39 is 0 Å². The van der Waals surface area contributed by atoms with Gasteiger partial charge < -0.3 is 9.68 Å². The normalized spacial score (nSPS) is 12.1. The van der Waals surface area contributed by atoms with Crippen LogP contribution in [0, 0.1) is 0 Å². The van der Waals surface area contributed by atoms with E-state index in [1.807, 2.05) is 19.9 Å². The fourth-order valence-corrected chi connectivity index (χ4v) is 0.429. The summed E-state index contributed by atoms with van der Waals surface area (Å²) in [5, 5.41) is 8.17. The minimum absolute atomic E-state index is 0.639. The summed E-state index contributed by atoms with van der Waals surface area (Å²) in [4.78, 5) is 0. The van der Waals surface area contributed by atoms with Crippen LogP contribution in [0.4, 0.5) is 0 Å². The summed E-state index contributed by atoms with van der Waals surface area (Å²) in [5.41, 5.74) is 0. The first kappa shape index (κ1) is 8.30. The molecule has 1 N–H and O–H groups in total. The lowest BCUT2D eigenvalue weighted by atomic mass is 10.3. The number of rotatable bonds is 3. The van der Waals surface area contributed by atoms with Crippen LogP contribution < -0.4 is 0 Å². The maximum absolute atomic E-state index is 8.17. The minimum Gasteiger partial charge on any atom is -0.538 e. The van der Waals surface area contributed by atoms with Crippen LogP contribution in [0.15, 0.2) is 24.0 Å². The lowest BCUT2D eigenvalue weighted by Gasteiger charge is -1.98. The monoisotopic (exact) mass is 125 g/mol. The molecule has 0 saturated carbocycles. The Hall–Kier alpha value is -0.695. The number of allylic oxidation sites excluding steroid dienone is 3. The van der Waals surface area contributed by atoms with Crippen LogP contribution in [0.3, 0.4) is 0 Å². The molecule has 0 spiro atoms. The van der Waals surface area contributed by atoms with Gasteiger partial charge in [0, 0.05) is 0 Å². The molecule has 0 saturated heterocycles. The van der Waals surface area contributed by atoms with Gasteiger partial charge in [-0.15, -0.1) is 0 Å². The summed E-state index contributed by atoms with van der Waals surface area (Å²) in [6.45, 7) is 3.71. The van der Waals surface area contributed by atoms with Crippen molar-refractivity contribution in [2.24, 2.45) is 0 Å². The SMILES string of the molecule is C/C=C\C(=C/C)O[B]O. The van der Waals surface area contributed by atoms with E-state index in [-0.39, 0.29) is 0 Å². The first-order valence-electron chi connectivity index (χ1n) is 2.76. The zero-order chi connectivity index (χ0) is 7.11. The molecule has 9 heavy (non-hydrogen) atoms. The molecule has 0 aliphatic rings. The van der Waals surface area contributed by atoms with Gasteiger partial charge in [-0.05, 0) is 26.0 Å². The van der Waals surface area contributed by atoms with Crippen molar-refractivity contribution in [3.05, 3.63) is 24.0 Å². The van der Waals surface area contributed by atoms with E-state index in [1.165, 1.54) is 0 Å². The Morgan fingerprint density at radius 2 is 2.22 bits per heavy atom. The fraction of sp³-hybridized carbons (Fsp3) is 0.333. The van der Waals surface area contributed by atoms with E-state index in [4.69, 9.17) is 5.02 Å². The van der Waals surface area contributed by atoms with Crippen molar-refractivity contribution < 1.29 is 9.68 Å². The van der Waals surface area contributed by atoms with Crippen LogP contribution in [0.25, 0.3) is 0 Å². The zero-order valence-electron chi connectivity index (χ0n) is 5.66. The maximum Gasteiger partial charge on any atom is 0.569 e. The largest absolute Gasteiger partial charge is 0.569 e. The molecule has 0 aromatic carbocycles. The molecule has 0 fully saturated rings. The third-order valence-corrected chi connectivity index (χ3v) is 0.804. The molecule has 49 valence electrons. The molecule has 0 aromatic rings. The van der Waals surface area contributed by atoms with E-state index >= 15 is 0 Å². The molecule has 3 heteroatoms. The average molecular weight is 125 g/mol. The third-order valence-electron chi connectivity index (χ3n) is 0.804. The smallest absolute Gasteiger partial charge is 0.538 e. The van der Waals surface area contributed by atoms with Gasteiger partial charge in [0.1, 0.15) is 0 Å². The highest BCUT2D eigenvalue weighted by Gasteiger charge is 1.88. The summed E-state index contributed by atoms with van der Waals surface area (Å²) in [6.07, 6.45) is 5.35. The summed E-state index contributed by atoms with van der Waals surface area (Å²) < 4.78 is 4.64. The highest BCUT2D eigenvalue weighted by molar-refractivity contribution is 6.16. The molecular formula is C6H10BO2. The maximum atomic E-state index is 8.17. The average Bonchev–Trinajstić information content (AvgIpc) is 1.88. The van der Waals surface area contributed by atoms with Gasteiger partial charge in [0.05, 0.1) is 5.76 Å². The summed E-state index contributed by atoms with van der Waals surface area (Å²) in [6, 6.07) is 0. The van der Waals surface area contributed by atoms with Gasteiger partial charge in [-0.25, -0.2) is 0 Å². The number of hydrogen-bond acceptors (Lipinski definition) is 2. The van der Waals surface area contributed by atoms with E-state index in [9.17, 15) is 0 Å². The predicted octanol–water partition coefficient (Wildman–Crippen LogP) is 1.01. The van der Waals surface area contributed by atoms with Gasteiger partial charge in [0.15, 0.2) is 0 Å². The Labute approximate surface area is 56.1 Å². The van der Waals surface area contributed by atoms with E-state index in [1.54, 1.807) is 12.2 Å². The lowest BCUT2D eigenvalue weighted by Crippen LogP contribution is -1.94. The molecule has 0 aliphatic carbocycles. The molecule has 0 amide bonds. The molecule has 0 aromatic heterocycles. The van der Waals surface area contributed by atoms with Crippen molar-refractivity contribution in [1.29, 1.82) is 0 Å². The predicted molar refractivity (Wildman–Crippen MR) is 37.6 cm³/mol. The zero-order valence-corrected chi connectivity index (χ0v) is 5.66. The Morgan fingerprint density at radius 1 is 1.56 bits per heavy atom. The van der Waals surface area contributed by atoms with Crippen LogP contribution in [-0.4, -0.2) is 12.7 Å². The molecule has 0 rings (SSSR count). The molecule has 2 nitrogen and oxygen atoms in total. The van der Waals surface area contributed by atoms with Gasteiger partial charge in [-0.3, -0.25) is 0 Å². The Bertz CT molecular complexity index is 118. The molecular weight excluding hydrogens is 115 g/mol. The summed E-state index contributed by atoms with van der Waals surface area (Å²) in [5.74, 6) is 0.639. The van der Waals surface area contributed by atoms with Gasteiger partial charge in [0.2, 0.25) is 0 Å². The second-order valence-electron chi connectivity index (χ2n) is 1.41. The van der Waals surface area contributed by atoms with E-state index in [0.717, 1.165) is 0 Å². The van der Waals surface area contributed by atoms with Gasteiger partial charge >= 0.3 is 7.69 Å². The van der Waals surface area contributed by atoms with Crippen LogP contribution >= 0.6 is 0 Å². The summed E-state index contributed by atoms with van der Waals surface area (Å²) in [7, 11) is 0.662. The van der Waals surface area contributed by atoms with Gasteiger partial charge in [-0.2, -0.15) is 0 Å². The summed E-state index contributed by atoms with van der Waals surface area (Å²) >= 11 is 0. The topological polar surface area (TPSA) is 29.5 Å². The first-order valence-corrected chi connectivity index (χ1v) is 2.76. The van der Waals surface area contributed by atoms with Crippen molar-refractivity contribution in [2.45, 2.75) is 13.8 Å². The van der Waals surface area contributed by atoms with E-state index in [0.29, 0.717) is 13.4 Å². The fourth-order valence-electron chi connectivity index (χ4n) is 0.429. The number of hydrogen-bond donors (Lipinski definition) is 1. The van der Waals surface area contributed by atoms with Crippen LogP contribution in [-0.2, 0) is 4.65 Å². The van der Waals surface area contributed by atoms with Crippen molar-refractivity contribution in [3.63, 3.8) is 0 Å². The molecule has 0 aliphatic heterocycles. The van der Waals surface area contributed by atoms with Crippen LogP contribution in [0.1, 0.15) is 13.8 Å².